The lowest BCUT2D eigenvalue weighted by atomic mass is 10.2. The number of nitrogens with one attached hydrogen (secondary N) is 3. The van der Waals surface area contributed by atoms with Crippen molar-refractivity contribution in [3.8, 4) is 0 Å². The Bertz CT molecular complexity index is 660. The fourth-order valence-corrected chi connectivity index (χ4v) is 2.78. The molecule has 1 saturated heterocycles. The third kappa shape index (κ3) is 6.39. The van der Waals surface area contributed by atoms with Gasteiger partial charge in [0.05, 0.1) is 6.61 Å². The van der Waals surface area contributed by atoms with Crippen LogP contribution in [0.15, 0.2) is 0 Å². The van der Waals surface area contributed by atoms with Crippen LogP contribution < -0.4 is 16.1 Å². The van der Waals surface area contributed by atoms with Crippen LogP contribution >= 0.6 is 0 Å². The van der Waals surface area contributed by atoms with Gasteiger partial charge in [0, 0.05) is 20.5 Å². The second kappa shape index (κ2) is 10.5. The van der Waals surface area contributed by atoms with Gasteiger partial charge in [-0.2, -0.15) is 0 Å². The number of rotatable bonds is 6. The lowest BCUT2D eigenvalue weighted by molar-refractivity contribution is -0.142. The zero-order valence-electron chi connectivity index (χ0n) is 17.9. The first-order valence-corrected chi connectivity index (χ1v) is 9.12. The molecular formula is C17H29N5O6. The summed E-state index contributed by atoms with van der Waals surface area (Å²) in [5.41, 5.74) is 0.371. The third-order valence-electron chi connectivity index (χ3n) is 4.14. The minimum Gasteiger partial charge on any atom is -0.449 e. The molecule has 1 heterocycles. The number of hydrogen-bond acceptors (Lipinski definition) is 6. The van der Waals surface area contributed by atoms with Gasteiger partial charge in [0.2, 0.25) is 17.7 Å². The van der Waals surface area contributed by atoms with E-state index in [-0.39, 0.29) is 19.1 Å². The lowest BCUT2D eigenvalue weighted by Gasteiger charge is -2.29. The van der Waals surface area contributed by atoms with Crippen molar-refractivity contribution in [2.45, 2.75) is 58.7 Å². The maximum absolute atomic E-state index is 12.8. The molecule has 28 heavy (non-hydrogen) atoms. The first kappa shape index (κ1) is 21.5. The molecule has 0 aromatic carbocycles. The quantitative estimate of drug-likeness (QED) is 0.496. The predicted octanol–water partition coefficient (Wildman–Crippen LogP) is -0.874. The van der Waals surface area contributed by atoms with E-state index in [9.17, 15) is 24.0 Å². The molecular weight excluding hydrogens is 370 g/mol. The highest BCUT2D eigenvalue weighted by Gasteiger charge is 2.37. The Labute approximate surface area is 165 Å². The van der Waals surface area contributed by atoms with Crippen molar-refractivity contribution in [2.24, 2.45) is 0 Å². The van der Waals surface area contributed by atoms with Crippen molar-refractivity contribution in [3.63, 3.8) is 0 Å². The van der Waals surface area contributed by atoms with Gasteiger partial charge in [-0.25, -0.2) is 9.80 Å². The van der Waals surface area contributed by atoms with Crippen molar-refractivity contribution in [1.29, 1.82) is 0 Å². The number of hydrazine groups is 1. The number of amides is 5. The van der Waals surface area contributed by atoms with Crippen LogP contribution in [0.2, 0.25) is 1.41 Å². The molecule has 3 N–H and O–H groups in total. The summed E-state index contributed by atoms with van der Waals surface area (Å²) in [5.74, 6) is -2.15. The summed E-state index contributed by atoms with van der Waals surface area (Å²) in [6.45, 7) is 6.21. The van der Waals surface area contributed by atoms with Gasteiger partial charge >= 0.3 is 6.09 Å². The largest absolute Gasteiger partial charge is 0.449 e. The summed E-state index contributed by atoms with van der Waals surface area (Å²) in [7, 11) is 1.22. The van der Waals surface area contributed by atoms with Crippen molar-refractivity contribution >= 4 is 29.7 Å². The van der Waals surface area contributed by atoms with Gasteiger partial charge in [-0.1, -0.05) is 0 Å². The lowest BCUT2D eigenvalue weighted by Crippen LogP contribution is -2.56. The molecule has 0 unspecified atom stereocenters. The topological polar surface area (TPSA) is 137 Å². The Morgan fingerprint density at radius 3 is 2.43 bits per heavy atom. The second-order valence-corrected chi connectivity index (χ2v) is 6.50. The van der Waals surface area contributed by atoms with Crippen LogP contribution in [0.25, 0.3) is 0 Å². The number of nitrogens with zero attached hydrogens (tertiary/aromatic N) is 2. The molecule has 1 aliphatic rings. The molecule has 0 spiro atoms. The number of hydrogen-bond donors (Lipinski definition) is 3. The predicted molar refractivity (Wildman–Crippen MR) is 98.5 cm³/mol. The molecule has 0 aromatic heterocycles. The second-order valence-electron chi connectivity index (χ2n) is 6.50. The van der Waals surface area contributed by atoms with E-state index in [2.05, 4.69) is 10.6 Å². The third-order valence-corrected chi connectivity index (χ3v) is 4.14. The number of carbonyl (C=O) groups excluding carboxylic acids is 5. The molecule has 0 bridgehead atoms. The van der Waals surface area contributed by atoms with Gasteiger partial charge in [-0.15, -0.1) is 0 Å². The van der Waals surface area contributed by atoms with E-state index in [0.29, 0.717) is 23.3 Å². The van der Waals surface area contributed by atoms with Crippen LogP contribution in [0, 0.1) is 0 Å². The molecule has 11 heteroatoms. The highest BCUT2D eigenvalue weighted by atomic mass is 16.6. The maximum Gasteiger partial charge on any atom is 0.428 e. The number of ether oxygens (including phenoxy) is 1. The van der Waals surface area contributed by atoms with E-state index >= 15 is 0 Å². The van der Waals surface area contributed by atoms with Crippen molar-refractivity contribution in [2.75, 3.05) is 20.2 Å². The SMILES string of the molecule is [2H]N(C(=O)[C@@H]1CCCN1C(=O)[C@H](C)NC(=O)[C@H](C)NC(C)=O)N(C)C(=O)OCC. The zero-order valence-corrected chi connectivity index (χ0v) is 16.9. The standard InChI is InChI=1S/C17H29N5O6/c1-6-28-17(27)21(5)20-15(25)13-8-7-9-22(13)16(26)11(3)19-14(24)10(2)18-12(4)23/h10-11,13H,6-9H2,1-5H3,(H,18,23)(H,19,24)(H,20,25)/t10-,11-,13-/m0/s1/i/hD. The Morgan fingerprint density at radius 1 is 1.21 bits per heavy atom. The van der Waals surface area contributed by atoms with E-state index in [1.807, 2.05) is 0 Å². The molecule has 1 rings (SSSR count). The molecule has 158 valence electrons. The first-order chi connectivity index (χ1) is 13.5. The van der Waals surface area contributed by atoms with Gasteiger partial charge in [0.15, 0.2) is 1.41 Å². The van der Waals surface area contributed by atoms with Gasteiger partial charge < -0.3 is 20.3 Å². The zero-order chi connectivity index (χ0) is 22.3. The fourth-order valence-electron chi connectivity index (χ4n) is 2.78. The molecule has 0 radical (unpaired) electrons. The summed E-state index contributed by atoms with van der Waals surface area (Å²) in [6, 6.07) is -2.68. The summed E-state index contributed by atoms with van der Waals surface area (Å²) >= 11 is 0. The molecule has 0 aromatic rings. The van der Waals surface area contributed by atoms with Crippen LogP contribution in [-0.2, 0) is 23.9 Å². The van der Waals surface area contributed by atoms with Gasteiger partial charge in [0.25, 0.3) is 5.91 Å². The van der Waals surface area contributed by atoms with Crippen LogP contribution in [0.5, 0.6) is 0 Å². The molecule has 0 aliphatic carbocycles. The maximum atomic E-state index is 12.8. The Kier molecular flexibility index (Phi) is 8.02. The van der Waals surface area contributed by atoms with Crippen molar-refractivity contribution in [1.82, 2.24) is 26.0 Å². The number of carbonyl (C=O) groups is 5. The minimum absolute atomic E-state index is 0.0906. The van der Waals surface area contributed by atoms with Crippen molar-refractivity contribution < 1.29 is 30.1 Å². The average Bonchev–Trinajstić information content (AvgIpc) is 3.14. The fraction of sp³-hybridized carbons (Fsp3) is 0.706. The van der Waals surface area contributed by atoms with E-state index in [1.165, 1.54) is 32.7 Å². The highest BCUT2D eigenvalue weighted by molar-refractivity contribution is 5.94. The molecule has 3 atom stereocenters. The first-order valence-electron chi connectivity index (χ1n) is 9.57. The van der Waals surface area contributed by atoms with E-state index in [1.54, 1.807) is 6.92 Å². The smallest absolute Gasteiger partial charge is 0.428 e. The van der Waals surface area contributed by atoms with Gasteiger partial charge in [-0.05, 0) is 33.6 Å². The summed E-state index contributed by atoms with van der Waals surface area (Å²) < 4.78 is 12.7. The van der Waals surface area contributed by atoms with Crippen LogP contribution in [0.4, 0.5) is 4.79 Å². The van der Waals surface area contributed by atoms with E-state index in [4.69, 9.17) is 6.15 Å². The summed E-state index contributed by atoms with van der Waals surface area (Å²) in [6.07, 6.45) is 0.0149. The van der Waals surface area contributed by atoms with Gasteiger partial charge in [-0.3, -0.25) is 24.6 Å². The average molecular weight is 400 g/mol. The highest BCUT2D eigenvalue weighted by Crippen LogP contribution is 2.18. The number of likely N-dealkylation sites (tertiary alicyclic amines) is 1. The molecule has 11 nitrogen and oxygen atoms in total. The van der Waals surface area contributed by atoms with Crippen LogP contribution in [0.3, 0.4) is 0 Å². The van der Waals surface area contributed by atoms with Crippen LogP contribution in [-0.4, -0.2) is 78.0 Å². The van der Waals surface area contributed by atoms with Crippen molar-refractivity contribution in [3.05, 3.63) is 0 Å². The Balaban J connectivity index is 2.78. The van der Waals surface area contributed by atoms with Crippen LogP contribution in [0.1, 0.15) is 40.5 Å². The summed E-state index contributed by atoms with van der Waals surface area (Å²) in [4.78, 5) is 61.6. The molecule has 0 saturated carbocycles. The normalized spacial score (nSPS) is 18.4. The molecule has 1 fully saturated rings. The monoisotopic (exact) mass is 400 g/mol. The Morgan fingerprint density at radius 2 is 1.86 bits per heavy atom. The Hall–Kier alpha value is -2.85. The van der Waals surface area contributed by atoms with Gasteiger partial charge in [0.1, 0.15) is 18.1 Å². The molecule has 5 amide bonds. The minimum atomic E-state index is -0.936. The van der Waals surface area contributed by atoms with E-state index < -0.39 is 41.9 Å². The molecule has 1 aliphatic heterocycles. The summed E-state index contributed by atoms with van der Waals surface area (Å²) in [5, 5.41) is 5.64. The van der Waals surface area contributed by atoms with E-state index in [0.717, 1.165) is 0 Å².